The van der Waals surface area contributed by atoms with Crippen molar-refractivity contribution in [2.24, 2.45) is 0 Å². The van der Waals surface area contributed by atoms with E-state index in [4.69, 9.17) is 9.84 Å². The van der Waals surface area contributed by atoms with Crippen LogP contribution in [-0.4, -0.2) is 37.0 Å². The van der Waals surface area contributed by atoms with Crippen LogP contribution in [0.3, 0.4) is 0 Å². The molecular formula is C8H14O4. The molecular weight excluding hydrogens is 160 g/mol. The molecule has 1 saturated carbocycles. The summed E-state index contributed by atoms with van der Waals surface area (Å²) in [6.07, 6.45) is 2.36. The zero-order valence-corrected chi connectivity index (χ0v) is 7.16. The average Bonchev–Trinajstić information content (AvgIpc) is 2.00. The summed E-state index contributed by atoms with van der Waals surface area (Å²) in [4.78, 5) is 10.7. The zero-order chi connectivity index (χ0) is 8.97. The molecule has 12 heavy (non-hydrogen) atoms. The van der Waals surface area contributed by atoms with Crippen molar-refractivity contribution in [3.63, 3.8) is 0 Å². The molecule has 1 fully saturated rings. The lowest BCUT2D eigenvalue weighted by Gasteiger charge is -2.26. The van der Waals surface area contributed by atoms with E-state index in [2.05, 4.69) is 4.74 Å². The number of hydrogen-bond acceptors (Lipinski definition) is 4. The molecule has 0 bridgehead atoms. The molecule has 4 nitrogen and oxygen atoms in total. The third-order valence-electron chi connectivity index (χ3n) is 2.02. The van der Waals surface area contributed by atoms with E-state index in [1.807, 2.05) is 0 Å². The first-order valence-electron chi connectivity index (χ1n) is 4.11. The van der Waals surface area contributed by atoms with Gasteiger partial charge in [-0.15, -0.1) is 0 Å². The van der Waals surface area contributed by atoms with Gasteiger partial charge in [0.2, 0.25) is 0 Å². The Kier molecular flexibility index (Phi) is 3.49. The van der Waals surface area contributed by atoms with Crippen LogP contribution in [0.2, 0.25) is 0 Å². The minimum Gasteiger partial charge on any atom is -0.467 e. The zero-order valence-electron chi connectivity index (χ0n) is 7.16. The predicted molar refractivity (Wildman–Crippen MR) is 41.6 cm³/mol. The second kappa shape index (κ2) is 4.42. The number of rotatable bonds is 4. The molecule has 1 atom stereocenters. The number of aliphatic hydroxyl groups excluding tert-OH is 1. The van der Waals surface area contributed by atoms with Crippen molar-refractivity contribution in [3.8, 4) is 0 Å². The Morgan fingerprint density at radius 1 is 1.67 bits per heavy atom. The SMILES string of the molecule is COC(=O)[C@@H](O)COC1CCC1. The monoisotopic (exact) mass is 174 g/mol. The van der Waals surface area contributed by atoms with Crippen molar-refractivity contribution in [3.05, 3.63) is 0 Å². The molecule has 0 radical (unpaired) electrons. The quantitative estimate of drug-likeness (QED) is 0.614. The highest BCUT2D eigenvalue weighted by molar-refractivity contribution is 5.74. The van der Waals surface area contributed by atoms with Gasteiger partial charge in [0.25, 0.3) is 0 Å². The van der Waals surface area contributed by atoms with Crippen molar-refractivity contribution in [2.75, 3.05) is 13.7 Å². The molecule has 0 amide bonds. The first-order valence-corrected chi connectivity index (χ1v) is 4.11. The molecule has 1 aliphatic rings. The average molecular weight is 174 g/mol. The number of esters is 1. The predicted octanol–water partition coefficient (Wildman–Crippen LogP) is 0.0894. The fourth-order valence-corrected chi connectivity index (χ4v) is 0.969. The molecule has 0 aromatic carbocycles. The van der Waals surface area contributed by atoms with Crippen LogP contribution in [0, 0.1) is 0 Å². The van der Waals surface area contributed by atoms with Gasteiger partial charge in [0.1, 0.15) is 0 Å². The van der Waals surface area contributed by atoms with Gasteiger partial charge in [0, 0.05) is 0 Å². The fraction of sp³-hybridized carbons (Fsp3) is 0.875. The van der Waals surface area contributed by atoms with Gasteiger partial charge in [0.15, 0.2) is 6.10 Å². The number of ether oxygens (including phenoxy) is 2. The number of methoxy groups -OCH3 is 1. The van der Waals surface area contributed by atoms with Gasteiger partial charge < -0.3 is 14.6 Å². The Balaban J connectivity index is 2.08. The lowest BCUT2D eigenvalue weighted by Crippen LogP contribution is -2.31. The third-order valence-corrected chi connectivity index (χ3v) is 2.02. The van der Waals surface area contributed by atoms with E-state index in [1.165, 1.54) is 13.5 Å². The molecule has 70 valence electrons. The minimum absolute atomic E-state index is 0.0529. The summed E-state index contributed by atoms with van der Waals surface area (Å²) >= 11 is 0. The van der Waals surface area contributed by atoms with Crippen LogP contribution < -0.4 is 0 Å². The van der Waals surface area contributed by atoms with E-state index in [1.54, 1.807) is 0 Å². The highest BCUT2D eigenvalue weighted by Gasteiger charge is 2.22. The van der Waals surface area contributed by atoms with Crippen LogP contribution in [0.15, 0.2) is 0 Å². The molecule has 1 rings (SSSR count). The van der Waals surface area contributed by atoms with Crippen molar-refractivity contribution in [2.45, 2.75) is 31.5 Å². The summed E-state index contributed by atoms with van der Waals surface area (Å²) in [5, 5.41) is 9.09. The maximum atomic E-state index is 10.7. The van der Waals surface area contributed by atoms with Crippen LogP contribution in [0.4, 0.5) is 0 Å². The molecule has 0 unspecified atom stereocenters. The lowest BCUT2D eigenvalue weighted by atomic mass is 9.96. The highest BCUT2D eigenvalue weighted by Crippen LogP contribution is 2.21. The minimum atomic E-state index is -1.13. The molecule has 1 N–H and O–H groups in total. The van der Waals surface area contributed by atoms with Gasteiger partial charge in [-0.05, 0) is 19.3 Å². The van der Waals surface area contributed by atoms with Crippen LogP contribution in [0.1, 0.15) is 19.3 Å². The molecule has 1 aliphatic carbocycles. The Morgan fingerprint density at radius 2 is 2.33 bits per heavy atom. The first-order chi connectivity index (χ1) is 5.74. The summed E-state index contributed by atoms with van der Waals surface area (Å²) in [5.74, 6) is -0.630. The molecule has 0 spiro atoms. The summed E-state index contributed by atoms with van der Waals surface area (Å²) in [6.45, 7) is 0.0529. The molecule has 0 saturated heterocycles. The summed E-state index contributed by atoms with van der Waals surface area (Å²) in [7, 11) is 1.24. The Labute approximate surface area is 71.5 Å². The smallest absolute Gasteiger partial charge is 0.337 e. The second-order valence-electron chi connectivity index (χ2n) is 2.93. The van der Waals surface area contributed by atoms with E-state index in [0.717, 1.165) is 12.8 Å². The van der Waals surface area contributed by atoms with Crippen LogP contribution in [-0.2, 0) is 14.3 Å². The van der Waals surface area contributed by atoms with E-state index >= 15 is 0 Å². The number of carbonyl (C=O) groups excluding carboxylic acids is 1. The lowest BCUT2D eigenvalue weighted by molar-refractivity contribution is -0.155. The van der Waals surface area contributed by atoms with Gasteiger partial charge in [0.05, 0.1) is 19.8 Å². The Hall–Kier alpha value is -0.610. The van der Waals surface area contributed by atoms with Crippen molar-refractivity contribution in [1.82, 2.24) is 0 Å². The van der Waals surface area contributed by atoms with Crippen molar-refractivity contribution in [1.29, 1.82) is 0 Å². The number of carbonyl (C=O) groups is 1. The first kappa shape index (κ1) is 9.48. The van der Waals surface area contributed by atoms with E-state index < -0.39 is 12.1 Å². The maximum Gasteiger partial charge on any atom is 0.337 e. The third kappa shape index (κ3) is 2.46. The van der Waals surface area contributed by atoms with E-state index in [9.17, 15) is 4.79 Å². The molecule has 0 aliphatic heterocycles. The van der Waals surface area contributed by atoms with Gasteiger partial charge in [-0.2, -0.15) is 0 Å². The van der Waals surface area contributed by atoms with Crippen LogP contribution in [0.5, 0.6) is 0 Å². The number of hydrogen-bond donors (Lipinski definition) is 1. The Bertz CT molecular complexity index is 153. The molecule has 0 aromatic rings. The van der Waals surface area contributed by atoms with Gasteiger partial charge in [-0.3, -0.25) is 0 Å². The molecule has 0 aromatic heterocycles. The fourth-order valence-electron chi connectivity index (χ4n) is 0.969. The second-order valence-corrected chi connectivity index (χ2v) is 2.93. The van der Waals surface area contributed by atoms with Crippen LogP contribution in [0.25, 0.3) is 0 Å². The largest absolute Gasteiger partial charge is 0.467 e. The standard InChI is InChI=1S/C8H14O4/c1-11-8(10)7(9)5-12-6-3-2-4-6/h6-7,9H,2-5H2,1H3/t7-/m0/s1. The van der Waals surface area contributed by atoms with Crippen molar-refractivity contribution >= 4 is 5.97 Å². The van der Waals surface area contributed by atoms with E-state index in [-0.39, 0.29) is 12.7 Å². The molecule has 0 heterocycles. The number of aliphatic hydroxyl groups is 1. The van der Waals surface area contributed by atoms with Gasteiger partial charge in [-0.25, -0.2) is 4.79 Å². The summed E-state index contributed by atoms with van der Waals surface area (Å²) < 4.78 is 9.54. The van der Waals surface area contributed by atoms with Gasteiger partial charge >= 0.3 is 5.97 Å². The highest BCUT2D eigenvalue weighted by atomic mass is 16.5. The summed E-state index contributed by atoms with van der Waals surface area (Å²) in [6, 6.07) is 0. The molecule has 4 heteroatoms. The van der Waals surface area contributed by atoms with E-state index in [0.29, 0.717) is 0 Å². The Morgan fingerprint density at radius 3 is 2.75 bits per heavy atom. The maximum absolute atomic E-state index is 10.7. The summed E-state index contributed by atoms with van der Waals surface area (Å²) in [5.41, 5.74) is 0. The normalized spacial score (nSPS) is 19.8. The van der Waals surface area contributed by atoms with Crippen LogP contribution >= 0.6 is 0 Å². The van der Waals surface area contributed by atoms with Crippen molar-refractivity contribution < 1.29 is 19.4 Å². The topological polar surface area (TPSA) is 55.8 Å². The van der Waals surface area contributed by atoms with Gasteiger partial charge in [-0.1, -0.05) is 0 Å².